The molecule has 0 atom stereocenters. The third-order valence-corrected chi connectivity index (χ3v) is 4.67. The van der Waals surface area contributed by atoms with Gasteiger partial charge in [0, 0.05) is 43.9 Å². The van der Waals surface area contributed by atoms with Crippen LogP contribution >= 0.6 is 0 Å². The van der Waals surface area contributed by atoms with Crippen molar-refractivity contribution in [3.05, 3.63) is 42.7 Å². The normalized spacial score (nSPS) is 15.0. The Kier molecular flexibility index (Phi) is 4.43. The molecule has 140 valence electrons. The second kappa shape index (κ2) is 6.90. The van der Waals surface area contributed by atoms with E-state index in [1.165, 1.54) is 0 Å². The van der Waals surface area contributed by atoms with Crippen molar-refractivity contribution in [3.8, 4) is 11.4 Å². The number of pyridine rings is 1. The summed E-state index contributed by atoms with van der Waals surface area (Å²) in [6.07, 6.45) is 3.71. The van der Waals surface area contributed by atoms with E-state index in [2.05, 4.69) is 10.1 Å². The van der Waals surface area contributed by atoms with Gasteiger partial charge in [0.05, 0.1) is 30.0 Å². The van der Waals surface area contributed by atoms with Crippen molar-refractivity contribution in [2.45, 2.75) is 20.0 Å². The summed E-state index contributed by atoms with van der Waals surface area (Å²) in [5.74, 6) is 1.71. The molecule has 0 saturated carbocycles. The number of anilines is 1. The third-order valence-electron chi connectivity index (χ3n) is 4.67. The Bertz CT molecular complexity index is 981. The van der Waals surface area contributed by atoms with Crippen LogP contribution in [0.1, 0.15) is 13.8 Å². The highest BCUT2D eigenvalue weighted by molar-refractivity contribution is 5.83. The number of hydrogen-bond donors (Lipinski definition) is 0. The third kappa shape index (κ3) is 3.45. The topological polar surface area (TPSA) is 63.5 Å². The van der Waals surface area contributed by atoms with E-state index in [0.29, 0.717) is 13.1 Å². The van der Waals surface area contributed by atoms with Gasteiger partial charge in [-0.25, -0.2) is 9.67 Å². The maximum Gasteiger partial charge on any atom is 0.241 e. The first-order chi connectivity index (χ1) is 13.0. The van der Waals surface area contributed by atoms with Gasteiger partial charge in [0.2, 0.25) is 5.91 Å². The van der Waals surface area contributed by atoms with Crippen molar-refractivity contribution in [1.29, 1.82) is 0 Å². The fraction of sp³-hybridized carbons (Fsp3) is 0.350. The summed E-state index contributed by atoms with van der Waals surface area (Å²) in [6, 6.07) is 9.87. The summed E-state index contributed by atoms with van der Waals surface area (Å²) >= 11 is 0. The number of amides is 1. The minimum absolute atomic E-state index is 0.105. The molecule has 1 aromatic carbocycles. The number of hydrogen-bond acceptors (Lipinski definition) is 5. The number of likely N-dealkylation sites (N-methyl/N-ethyl adjacent to an activating group) is 1. The molecule has 0 unspecified atom stereocenters. The van der Waals surface area contributed by atoms with Gasteiger partial charge >= 0.3 is 0 Å². The average molecular weight is 365 g/mol. The molecular formula is C20H23N5O2. The minimum Gasteiger partial charge on any atom is -0.491 e. The first kappa shape index (κ1) is 17.3. The molecule has 0 N–H and O–H groups in total. The summed E-state index contributed by atoms with van der Waals surface area (Å²) in [6.45, 7) is 5.83. The number of carbonyl (C=O) groups excluding carboxylic acids is 1. The van der Waals surface area contributed by atoms with Gasteiger partial charge in [-0.15, -0.1) is 0 Å². The maximum atomic E-state index is 12.0. The molecule has 0 spiro atoms. The Balaban J connectivity index is 1.68. The van der Waals surface area contributed by atoms with Crippen LogP contribution in [-0.2, 0) is 4.79 Å². The van der Waals surface area contributed by atoms with Crippen molar-refractivity contribution < 1.29 is 9.53 Å². The number of carbonyl (C=O) groups is 1. The van der Waals surface area contributed by atoms with Crippen molar-refractivity contribution >= 4 is 22.6 Å². The van der Waals surface area contributed by atoms with E-state index in [4.69, 9.17) is 4.74 Å². The number of ether oxygens (including phenoxy) is 1. The molecule has 3 aromatic rings. The Hall–Kier alpha value is -3.09. The highest BCUT2D eigenvalue weighted by atomic mass is 16.5. The van der Waals surface area contributed by atoms with E-state index in [0.717, 1.165) is 34.7 Å². The second-order valence-electron chi connectivity index (χ2n) is 7.05. The molecular weight excluding hydrogens is 342 g/mol. The molecule has 1 saturated heterocycles. The highest BCUT2D eigenvalue weighted by Gasteiger charge is 2.22. The number of aromatic nitrogens is 3. The zero-order chi connectivity index (χ0) is 19.0. The average Bonchev–Trinajstić information content (AvgIpc) is 3.07. The van der Waals surface area contributed by atoms with Crippen LogP contribution in [0.3, 0.4) is 0 Å². The van der Waals surface area contributed by atoms with Crippen molar-refractivity contribution in [2.24, 2.45) is 0 Å². The van der Waals surface area contributed by atoms with Gasteiger partial charge in [-0.05, 0) is 32.0 Å². The van der Waals surface area contributed by atoms with E-state index in [1.807, 2.05) is 67.0 Å². The molecule has 0 aliphatic carbocycles. The second-order valence-corrected chi connectivity index (χ2v) is 7.05. The van der Waals surface area contributed by atoms with Crippen molar-refractivity contribution in [1.82, 2.24) is 19.7 Å². The summed E-state index contributed by atoms with van der Waals surface area (Å²) in [4.78, 5) is 20.2. The van der Waals surface area contributed by atoms with E-state index < -0.39 is 0 Å². The quantitative estimate of drug-likeness (QED) is 0.711. The predicted octanol–water partition coefficient (Wildman–Crippen LogP) is 2.49. The number of benzene rings is 1. The monoisotopic (exact) mass is 365 g/mol. The van der Waals surface area contributed by atoms with Crippen LogP contribution in [0.25, 0.3) is 16.6 Å². The first-order valence-electron chi connectivity index (χ1n) is 9.11. The number of fused-ring (bicyclic) bond motifs is 1. The van der Waals surface area contributed by atoms with E-state index in [9.17, 15) is 4.79 Å². The maximum absolute atomic E-state index is 12.0. The van der Waals surface area contributed by atoms with Crippen LogP contribution in [0.5, 0.6) is 5.75 Å². The summed E-state index contributed by atoms with van der Waals surface area (Å²) in [5.41, 5.74) is 1.88. The molecule has 7 heteroatoms. The van der Waals surface area contributed by atoms with Crippen LogP contribution in [0, 0.1) is 0 Å². The predicted molar refractivity (Wildman–Crippen MR) is 104 cm³/mol. The standard InChI is InChI=1S/C20H23N5O2/c1-14(2)27-17-5-4-15-12-22-25(18(15)11-17)16-6-7-21-19(10-16)24-9-8-23(3)20(26)13-24/h4-7,10-12,14H,8-9,13H2,1-3H3. The molecule has 2 aromatic heterocycles. The van der Waals surface area contributed by atoms with Gasteiger partial charge in [0.1, 0.15) is 11.6 Å². The van der Waals surface area contributed by atoms with E-state index >= 15 is 0 Å². The lowest BCUT2D eigenvalue weighted by Crippen LogP contribution is -2.48. The van der Waals surface area contributed by atoms with E-state index in [1.54, 1.807) is 11.1 Å². The molecule has 1 aliphatic rings. The fourth-order valence-electron chi connectivity index (χ4n) is 3.22. The lowest BCUT2D eigenvalue weighted by Gasteiger charge is -2.32. The smallest absolute Gasteiger partial charge is 0.241 e. The molecule has 0 bridgehead atoms. The lowest BCUT2D eigenvalue weighted by atomic mass is 10.2. The number of rotatable bonds is 4. The molecule has 0 radical (unpaired) electrons. The Labute approximate surface area is 158 Å². The van der Waals surface area contributed by atoms with Crippen LogP contribution < -0.4 is 9.64 Å². The molecule has 1 fully saturated rings. The van der Waals surface area contributed by atoms with E-state index in [-0.39, 0.29) is 12.0 Å². The fourth-order valence-corrected chi connectivity index (χ4v) is 3.22. The molecule has 27 heavy (non-hydrogen) atoms. The van der Waals surface area contributed by atoms with Crippen molar-refractivity contribution in [2.75, 3.05) is 31.6 Å². The molecule has 1 aliphatic heterocycles. The molecule has 7 nitrogen and oxygen atoms in total. The Morgan fingerprint density at radius 1 is 1.15 bits per heavy atom. The van der Waals surface area contributed by atoms with Crippen LogP contribution in [0.15, 0.2) is 42.7 Å². The summed E-state index contributed by atoms with van der Waals surface area (Å²) in [5, 5.41) is 5.58. The number of nitrogens with zero attached hydrogens (tertiary/aromatic N) is 5. The summed E-state index contributed by atoms with van der Waals surface area (Å²) in [7, 11) is 1.83. The van der Waals surface area contributed by atoms with Gasteiger partial charge in [-0.2, -0.15) is 5.10 Å². The van der Waals surface area contributed by atoms with Crippen LogP contribution in [0.2, 0.25) is 0 Å². The lowest BCUT2D eigenvalue weighted by molar-refractivity contribution is -0.129. The highest BCUT2D eigenvalue weighted by Crippen LogP contribution is 2.25. The van der Waals surface area contributed by atoms with Gasteiger partial charge in [-0.3, -0.25) is 4.79 Å². The van der Waals surface area contributed by atoms with Gasteiger partial charge < -0.3 is 14.5 Å². The Morgan fingerprint density at radius 2 is 2.00 bits per heavy atom. The van der Waals surface area contributed by atoms with Crippen LogP contribution in [0.4, 0.5) is 5.82 Å². The van der Waals surface area contributed by atoms with Gasteiger partial charge in [-0.1, -0.05) is 0 Å². The Morgan fingerprint density at radius 3 is 2.78 bits per heavy atom. The minimum atomic E-state index is 0.105. The number of piperazine rings is 1. The largest absolute Gasteiger partial charge is 0.491 e. The molecule has 3 heterocycles. The van der Waals surface area contributed by atoms with Crippen LogP contribution in [-0.4, -0.2) is 58.4 Å². The first-order valence-corrected chi connectivity index (χ1v) is 9.11. The molecule has 4 rings (SSSR count). The zero-order valence-electron chi connectivity index (χ0n) is 15.8. The van der Waals surface area contributed by atoms with Crippen molar-refractivity contribution in [3.63, 3.8) is 0 Å². The van der Waals surface area contributed by atoms with Gasteiger partial charge in [0.15, 0.2) is 0 Å². The molecule has 1 amide bonds. The zero-order valence-corrected chi connectivity index (χ0v) is 15.8. The SMILES string of the molecule is CC(C)Oc1ccc2cnn(-c3ccnc(N4CCN(C)C(=O)C4)c3)c2c1. The van der Waals surface area contributed by atoms with Gasteiger partial charge in [0.25, 0.3) is 0 Å². The summed E-state index contributed by atoms with van der Waals surface area (Å²) < 4.78 is 7.70.